The molecule has 3 aromatic heterocycles. The Hall–Kier alpha value is -5.16. The number of carbonyl (C=O) groups excluding carboxylic acids is 1. The monoisotopic (exact) mass is 616 g/mol. The molecule has 0 spiro atoms. The summed E-state index contributed by atoms with van der Waals surface area (Å²) in [4.78, 5) is 31.6. The van der Waals surface area contributed by atoms with Gasteiger partial charge in [0.05, 0.1) is 41.6 Å². The van der Waals surface area contributed by atoms with Crippen molar-refractivity contribution in [2.24, 2.45) is 0 Å². The number of anilines is 4. The van der Waals surface area contributed by atoms with Crippen molar-refractivity contribution in [1.29, 1.82) is 0 Å². The van der Waals surface area contributed by atoms with E-state index in [1.54, 1.807) is 25.8 Å². The zero-order valence-corrected chi connectivity index (χ0v) is 25.8. The summed E-state index contributed by atoms with van der Waals surface area (Å²) in [6.07, 6.45) is 13.3. The molecule has 0 atom stereocenters. The predicted molar refractivity (Wildman–Crippen MR) is 179 cm³/mol. The minimum absolute atomic E-state index is 0.283. The van der Waals surface area contributed by atoms with Crippen LogP contribution in [-0.4, -0.2) is 69.7 Å². The number of methoxy groups -OCH3 is 1. The van der Waals surface area contributed by atoms with Gasteiger partial charge in [-0.3, -0.25) is 9.69 Å². The van der Waals surface area contributed by atoms with Crippen molar-refractivity contribution in [3.8, 4) is 28.5 Å². The van der Waals surface area contributed by atoms with Crippen molar-refractivity contribution in [2.75, 3.05) is 48.8 Å². The molecule has 2 saturated carbocycles. The Morgan fingerprint density at radius 1 is 1.02 bits per heavy atom. The fourth-order valence-electron chi connectivity index (χ4n) is 6.48. The number of ether oxygens (including phenoxy) is 1. The molecule has 1 amide bonds. The van der Waals surface area contributed by atoms with Gasteiger partial charge < -0.3 is 29.3 Å². The van der Waals surface area contributed by atoms with Crippen LogP contribution in [0, 0.1) is 0 Å². The maximum absolute atomic E-state index is 12.6. The van der Waals surface area contributed by atoms with Crippen molar-refractivity contribution >= 4 is 39.8 Å². The van der Waals surface area contributed by atoms with Gasteiger partial charge in [-0.05, 0) is 43.9 Å². The Bertz CT molecular complexity index is 1920. The third-order valence-electron chi connectivity index (χ3n) is 9.11. The standard InChI is InChI=1S/C35H36N8O3/c1-3-32(44)38-27-18-28(31(45-2)19-30(27)42-15-13-41(14-16-42)22-8-9-22)39-35-37-20-25(34-36-12-17-46-34)33(40-35)26-21-43(23-10-11-23)29-7-5-4-6-24(26)29/h3-7,12,17-23H,1,8-11,13-16H2,2H3,(H,38,44)(H,37,39,40). The second-order valence-corrected chi connectivity index (χ2v) is 12.1. The number of nitrogens with zero attached hydrogens (tertiary/aromatic N) is 6. The predicted octanol–water partition coefficient (Wildman–Crippen LogP) is 6.25. The fraction of sp³-hybridized carbons (Fsp3) is 0.314. The van der Waals surface area contributed by atoms with Gasteiger partial charge in [0.25, 0.3) is 0 Å². The summed E-state index contributed by atoms with van der Waals surface area (Å²) in [5.41, 5.74) is 5.74. The summed E-state index contributed by atoms with van der Waals surface area (Å²) in [5, 5.41) is 7.49. The smallest absolute Gasteiger partial charge is 0.247 e. The van der Waals surface area contributed by atoms with Gasteiger partial charge in [0.1, 0.15) is 12.0 Å². The van der Waals surface area contributed by atoms with E-state index < -0.39 is 0 Å². The zero-order chi connectivity index (χ0) is 31.2. The molecule has 2 aliphatic carbocycles. The number of fused-ring (bicyclic) bond motifs is 1. The van der Waals surface area contributed by atoms with Crippen LogP contribution in [0.1, 0.15) is 31.7 Å². The number of hydrogen-bond acceptors (Lipinski definition) is 9. The molecule has 8 rings (SSSR count). The van der Waals surface area contributed by atoms with Crippen LogP contribution in [0.4, 0.5) is 23.0 Å². The van der Waals surface area contributed by atoms with Crippen molar-refractivity contribution in [1.82, 2.24) is 24.4 Å². The van der Waals surface area contributed by atoms with E-state index in [0.717, 1.165) is 61.7 Å². The average Bonchev–Trinajstić information content (AvgIpc) is 4.03. The van der Waals surface area contributed by atoms with E-state index in [9.17, 15) is 4.79 Å². The van der Waals surface area contributed by atoms with Gasteiger partial charge in [0.15, 0.2) is 0 Å². The summed E-state index contributed by atoms with van der Waals surface area (Å²) >= 11 is 0. The van der Waals surface area contributed by atoms with E-state index >= 15 is 0 Å². The second kappa shape index (κ2) is 11.6. The minimum Gasteiger partial charge on any atom is -0.494 e. The highest BCUT2D eigenvalue weighted by Crippen LogP contribution is 2.44. The Morgan fingerprint density at radius 3 is 2.54 bits per heavy atom. The van der Waals surface area contributed by atoms with Gasteiger partial charge in [0.2, 0.25) is 17.7 Å². The first-order chi connectivity index (χ1) is 22.6. The van der Waals surface area contributed by atoms with Gasteiger partial charge >= 0.3 is 0 Å². The average molecular weight is 617 g/mol. The van der Waals surface area contributed by atoms with Gasteiger partial charge in [0, 0.05) is 73.2 Å². The van der Waals surface area contributed by atoms with E-state index in [-0.39, 0.29) is 5.91 Å². The van der Waals surface area contributed by atoms with E-state index in [1.165, 1.54) is 24.4 Å². The van der Waals surface area contributed by atoms with Crippen LogP contribution in [-0.2, 0) is 4.79 Å². The Morgan fingerprint density at radius 2 is 1.83 bits per heavy atom. The van der Waals surface area contributed by atoms with Crippen molar-refractivity contribution in [2.45, 2.75) is 37.8 Å². The summed E-state index contributed by atoms with van der Waals surface area (Å²) in [5.74, 6) is 1.15. The summed E-state index contributed by atoms with van der Waals surface area (Å²) in [6, 6.07) is 13.5. The number of nitrogens with one attached hydrogen (secondary N) is 2. The largest absolute Gasteiger partial charge is 0.494 e. The van der Waals surface area contributed by atoms with Crippen LogP contribution >= 0.6 is 0 Å². The molecule has 0 radical (unpaired) electrons. The van der Waals surface area contributed by atoms with Gasteiger partial charge in [-0.25, -0.2) is 15.0 Å². The lowest BCUT2D eigenvalue weighted by Crippen LogP contribution is -2.47. The molecule has 2 N–H and O–H groups in total. The number of aromatic nitrogens is 4. The molecular formula is C35H36N8O3. The molecule has 5 aromatic rings. The van der Waals surface area contributed by atoms with E-state index in [1.807, 2.05) is 18.2 Å². The molecule has 1 aliphatic heterocycles. The molecule has 3 aliphatic rings. The highest BCUT2D eigenvalue weighted by molar-refractivity contribution is 6.02. The summed E-state index contributed by atoms with van der Waals surface area (Å²) in [6.45, 7) is 7.38. The molecule has 0 bridgehead atoms. The molecule has 4 heterocycles. The first-order valence-corrected chi connectivity index (χ1v) is 15.9. The lowest BCUT2D eigenvalue weighted by atomic mass is 10.1. The quantitative estimate of drug-likeness (QED) is 0.176. The molecule has 1 saturated heterocycles. The molecule has 11 nitrogen and oxygen atoms in total. The Kier molecular flexibility index (Phi) is 7.17. The van der Waals surface area contributed by atoms with Gasteiger partial charge in [-0.1, -0.05) is 24.8 Å². The van der Waals surface area contributed by atoms with Crippen LogP contribution < -0.4 is 20.3 Å². The normalized spacial score (nSPS) is 16.8. The van der Waals surface area contributed by atoms with Crippen LogP contribution in [0.25, 0.3) is 33.6 Å². The molecule has 0 unspecified atom stereocenters. The highest BCUT2D eigenvalue weighted by Gasteiger charge is 2.32. The van der Waals surface area contributed by atoms with E-state index in [0.29, 0.717) is 46.3 Å². The Labute approximate surface area is 266 Å². The Balaban J connectivity index is 1.18. The molecular weight excluding hydrogens is 580 g/mol. The SMILES string of the molecule is C=CC(=O)Nc1cc(Nc2ncc(-c3ncco3)c(-c3cn(C4CC4)c4ccccc34)n2)c(OC)cc1N1CCN(C2CC2)CC1. The number of carbonyl (C=O) groups is 1. The lowest BCUT2D eigenvalue weighted by molar-refractivity contribution is -0.111. The lowest BCUT2D eigenvalue weighted by Gasteiger charge is -2.37. The molecule has 46 heavy (non-hydrogen) atoms. The third-order valence-corrected chi connectivity index (χ3v) is 9.11. The van der Waals surface area contributed by atoms with Crippen molar-refractivity contribution < 1.29 is 13.9 Å². The molecule has 11 heteroatoms. The molecule has 2 aromatic carbocycles. The minimum atomic E-state index is -0.283. The highest BCUT2D eigenvalue weighted by atomic mass is 16.5. The maximum Gasteiger partial charge on any atom is 0.247 e. The van der Waals surface area contributed by atoms with E-state index in [4.69, 9.17) is 14.1 Å². The molecule has 234 valence electrons. The fourth-order valence-corrected chi connectivity index (χ4v) is 6.48. The number of piperazine rings is 1. The van der Waals surface area contributed by atoms with Gasteiger partial charge in [-0.15, -0.1) is 0 Å². The molecule has 3 fully saturated rings. The number of hydrogen-bond donors (Lipinski definition) is 2. The van der Waals surface area contributed by atoms with Crippen LogP contribution in [0.5, 0.6) is 5.75 Å². The van der Waals surface area contributed by atoms with Crippen LogP contribution in [0.15, 0.2) is 78.3 Å². The number of para-hydroxylation sites is 1. The number of rotatable bonds is 10. The van der Waals surface area contributed by atoms with Crippen molar-refractivity contribution in [3.05, 3.63) is 73.9 Å². The van der Waals surface area contributed by atoms with Gasteiger partial charge in [-0.2, -0.15) is 0 Å². The number of amides is 1. The van der Waals surface area contributed by atoms with E-state index in [2.05, 4.69) is 65.9 Å². The first kappa shape index (κ1) is 28.3. The van der Waals surface area contributed by atoms with Crippen LogP contribution in [0.3, 0.4) is 0 Å². The number of oxazole rings is 1. The summed E-state index contributed by atoms with van der Waals surface area (Å²) < 4.78 is 13.9. The zero-order valence-electron chi connectivity index (χ0n) is 25.8. The number of benzene rings is 2. The first-order valence-electron chi connectivity index (χ1n) is 15.9. The maximum atomic E-state index is 12.6. The second-order valence-electron chi connectivity index (χ2n) is 12.1. The summed E-state index contributed by atoms with van der Waals surface area (Å²) in [7, 11) is 1.64. The topological polar surface area (TPSA) is 114 Å². The van der Waals surface area contributed by atoms with Crippen LogP contribution in [0.2, 0.25) is 0 Å². The van der Waals surface area contributed by atoms with Crippen molar-refractivity contribution in [3.63, 3.8) is 0 Å². The third kappa shape index (κ3) is 5.36.